The van der Waals surface area contributed by atoms with Crippen LogP contribution < -0.4 is 5.32 Å². The standard InChI is InChI=1S/C16H30N2O4S/c1-13-7-3-4-9-15(13)22-12-10-17-16(19)14-8-5-6-11-18(14)23(2,20)21/h13-15H,3-12H2,1-2H3,(H,17,19)/t13-,14-,15+/m1/s1. The molecule has 0 unspecified atom stereocenters. The topological polar surface area (TPSA) is 75.7 Å². The molecule has 1 amide bonds. The monoisotopic (exact) mass is 346 g/mol. The van der Waals surface area contributed by atoms with Crippen molar-refractivity contribution in [3.63, 3.8) is 0 Å². The Morgan fingerprint density at radius 1 is 1.17 bits per heavy atom. The van der Waals surface area contributed by atoms with Crippen LogP contribution in [0.25, 0.3) is 0 Å². The van der Waals surface area contributed by atoms with Crippen molar-refractivity contribution < 1.29 is 17.9 Å². The molecule has 2 rings (SSSR count). The second-order valence-electron chi connectivity index (χ2n) is 6.85. The third kappa shape index (κ3) is 5.43. The van der Waals surface area contributed by atoms with E-state index in [-0.39, 0.29) is 5.91 Å². The summed E-state index contributed by atoms with van der Waals surface area (Å²) < 4.78 is 30.8. The molecule has 7 heteroatoms. The molecule has 3 atom stereocenters. The average Bonchev–Trinajstić information content (AvgIpc) is 2.52. The molecule has 23 heavy (non-hydrogen) atoms. The molecule has 0 aromatic rings. The number of rotatable bonds is 6. The Kier molecular flexibility index (Phi) is 6.85. The van der Waals surface area contributed by atoms with Crippen molar-refractivity contribution in [3.05, 3.63) is 0 Å². The number of amides is 1. The van der Waals surface area contributed by atoms with Gasteiger partial charge in [-0.1, -0.05) is 26.2 Å². The van der Waals surface area contributed by atoms with Crippen LogP contribution in [-0.2, 0) is 19.6 Å². The minimum absolute atomic E-state index is 0.199. The Balaban J connectivity index is 1.75. The van der Waals surface area contributed by atoms with Crippen LogP contribution in [-0.4, -0.2) is 56.7 Å². The van der Waals surface area contributed by atoms with E-state index in [2.05, 4.69) is 12.2 Å². The van der Waals surface area contributed by atoms with Crippen molar-refractivity contribution in [3.8, 4) is 0 Å². The summed E-state index contributed by atoms with van der Waals surface area (Å²) in [5, 5.41) is 2.84. The van der Waals surface area contributed by atoms with Gasteiger partial charge in [-0.05, 0) is 31.6 Å². The number of carbonyl (C=O) groups excluding carboxylic acids is 1. The smallest absolute Gasteiger partial charge is 0.238 e. The molecule has 1 heterocycles. The van der Waals surface area contributed by atoms with E-state index >= 15 is 0 Å². The largest absolute Gasteiger partial charge is 0.376 e. The highest BCUT2D eigenvalue weighted by Gasteiger charge is 2.34. The number of hydrogen-bond acceptors (Lipinski definition) is 4. The molecule has 0 aromatic heterocycles. The third-order valence-electron chi connectivity index (χ3n) is 4.95. The molecule has 0 aromatic carbocycles. The number of carbonyl (C=O) groups is 1. The minimum atomic E-state index is -3.33. The molecule has 0 spiro atoms. The van der Waals surface area contributed by atoms with Crippen LogP contribution in [0.3, 0.4) is 0 Å². The van der Waals surface area contributed by atoms with Crippen LogP contribution >= 0.6 is 0 Å². The fourth-order valence-electron chi connectivity index (χ4n) is 3.60. The fraction of sp³-hybridized carbons (Fsp3) is 0.938. The highest BCUT2D eigenvalue weighted by Crippen LogP contribution is 2.26. The van der Waals surface area contributed by atoms with Gasteiger partial charge in [0.05, 0.1) is 19.0 Å². The molecule has 0 radical (unpaired) electrons. The van der Waals surface area contributed by atoms with Gasteiger partial charge < -0.3 is 10.1 Å². The zero-order chi connectivity index (χ0) is 16.9. The Labute approximate surface area is 140 Å². The molecular formula is C16H30N2O4S. The van der Waals surface area contributed by atoms with Crippen molar-refractivity contribution in [2.45, 2.75) is 64.0 Å². The van der Waals surface area contributed by atoms with E-state index in [1.807, 2.05) is 0 Å². The maximum Gasteiger partial charge on any atom is 0.238 e. The summed E-state index contributed by atoms with van der Waals surface area (Å²) in [6.07, 6.45) is 8.57. The number of sulfonamides is 1. The minimum Gasteiger partial charge on any atom is -0.376 e. The summed E-state index contributed by atoms with van der Waals surface area (Å²) in [5.74, 6) is 0.383. The summed E-state index contributed by atoms with van der Waals surface area (Å²) in [6.45, 7) is 3.59. The van der Waals surface area contributed by atoms with Gasteiger partial charge in [0.2, 0.25) is 15.9 Å². The van der Waals surface area contributed by atoms with Crippen LogP contribution in [0.4, 0.5) is 0 Å². The number of nitrogens with zero attached hydrogens (tertiary/aromatic N) is 1. The number of ether oxygens (including phenoxy) is 1. The van der Waals surface area contributed by atoms with E-state index < -0.39 is 16.1 Å². The first-order chi connectivity index (χ1) is 10.9. The van der Waals surface area contributed by atoms with E-state index in [1.165, 1.54) is 29.8 Å². The highest BCUT2D eigenvalue weighted by atomic mass is 32.2. The predicted octanol–water partition coefficient (Wildman–Crippen LogP) is 1.51. The first-order valence-corrected chi connectivity index (χ1v) is 10.6. The molecule has 1 saturated heterocycles. The highest BCUT2D eigenvalue weighted by molar-refractivity contribution is 7.88. The lowest BCUT2D eigenvalue weighted by Crippen LogP contribution is -2.52. The summed E-state index contributed by atoms with van der Waals surface area (Å²) in [6, 6.07) is -0.563. The van der Waals surface area contributed by atoms with Gasteiger partial charge in [0.1, 0.15) is 6.04 Å². The van der Waals surface area contributed by atoms with E-state index in [0.717, 1.165) is 19.3 Å². The van der Waals surface area contributed by atoms with Crippen LogP contribution in [0.1, 0.15) is 51.9 Å². The lowest BCUT2D eigenvalue weighted by atomic mass is 9.88. The van der Waals surface area contributed by atoms with Gasteiger partial charge >= 0.3 is 0 Å². The van der Waals surface area contributed by atoms with E-state index in [4.69, 9.17) is 4.74 Å². The van der Waals surface area contributed by atoms with Gasteiger partial charge in [-0.3, -0.25) is 4.79 Å². The van der Waals surface area contributed by atoms with Crippen LogP contribution in [0.5, 0.6) is 0 Å². The van der Waals surface area contributed by atoms with Gasteiger partial charge in [0.25, 0.3) is 0 Å². The van der Waals surface area contributed by atoms with Crippen molar-refractivity contribution in [2.75, 3.05) is 26.0 Å². The van der Waals surface area contributed by atoms with Crippen molar-refractivity contribution in [2.24, 2.45) is 5.92 Å². The van der Waals surface area contributed by atoms with E-state index in [1.54, 1.807) is 0 Å². The second-order valence-corrected chi connectivity index (χ2v) is 8.78. The lowest BCUT2D eigenvalue weighted by molar-refractivity contribution is -0.126. The molecule has 1 aliphatic carbocycles. The first kappa shape index (κ1) is 18.7. The van der Waals surface area contributed by atoms with E-state index in [9.17, 15) is 13.2 Å². The Hall–Kier alpha value is -0.660. The van der Waals surface area contributed by atoms with Crippen molar-refractivity contribution in [1.29, 1.82) is 0 Å². The van der Waals surface area contributed by atoms with Gasteiger partial charge in [0.15, 0.2) is 0 Å². The molecule has 134 valence electrons. The van der Waals surface area contributed by atoms with Crippen LogP contribution in [0.15, 0.2) is 0 Å². The first-order valence-electron chi connectivity index (χ1n) is 8.75. The average molecular weight is 346 g/mol. The zero-order valence-corrected chi connectivity index (χ0v) is 15.1. The van der Waals surface area contributed by atoms with Crippen LogP contribution in [0.2, 0.25) is 0 Å². The summed E-state index contributed by atoms with van der Waals surface area (Å²) in [4.78, 5) is 12.3. The summed E-state index contributed by atoms with van der Waals surface area (Å²) in [5.41, 5.74) is 0. The maximum atomic E-state index is 12.3. The Morgan fingerprint density at radius 3 is 2.57 bits per heavy atom. The number of piperidine rings is 1. The summed E-state index contributed by atoms with van der Waals surface area (Å²) in [7, 11) is -3.33. The number of nitrogens with one attached hydrogen (secondary N) is 1. The second kappa shape index (κ2) is 8.44. The predicted molar refractivity (Wildman–Crippen MR) is 89.6 cm³/mol. The molecule has 0 bridgehead atoms. The Bertz CT molecular complexity index is 494. The molecule has 1 aliphatic heterocycles. The molecule has 1 saturated carbocycles. The summed E-state index contributed by atoms with van der Waals surface area (Å²) >= 11 is 0. The van der Waals surface area contributed by atoms with Crippen molar-refractivity contribution in [1.82, 2.24) is 9.62 Å². The molecule has 2 aliphatic rings. The normalized spacial score (nSPS) is 30.1. The van der Waals surface area contributed by atoms with Gasteiger partial charge in [-0.15, -0.1) is 0 Å². The SMILES string of the molecule is C[C@@H]1CCCC[C@@H]1OCCNC(=O)[C@H]1CCCCN1S(C)(=O)=O. The maximum absolute atomic E-state index is 12.3. The molecule has 2 fully saturated rings. The van der Waals surface area contributed by atoms with Gasteiger partial charge in [-0.25, -0.2) is 8.42 Å². The zero-order valence-electron chi connectivity index (χ0n) is 14.3. The fourth-order valence-corrected chi connectivity index (χ4v) is 4.72. The molecular weight excluding hydrogens is 316 g/mol. The third-order valence-corrected chi connectivity index (χ3v) is 6.24. The lowest BCUT2D eigenvalue weighted by Gasteiger charge is -2.32. The van der Waals surface area contributed by atoms with E-state index in [0.29, 0.717) is 38.1 Å². The van der Waals surface area contributed by atoms with Crippen molar-refractivity contribution >= 4 is 15.9 Å². The van der Waals surface area contributed by atoms with Gasteiger partial charge in [0, 0.05) is 13.1 Å². The molecule has 6 nitrogen and oxygen atoms in total. The Morgan fingerprint density at radius 2 is 1.87 bits per heavy atom. The van der Waals surface area contributed by atoms with Crippen LogP contribution in [0, 0.1) is 5.92 Å². The number of hydrogen-bond donors (Lipinski definition) is 1. The van der Waals surface area contributed by atoms with Gasteiger partial charge in [-0.2, -0.15) is 4.31 Å². The quantitative estimate of drug-likeness (QED) is 0.740. The molecule has 1 N–H and O–H groups in total.